The topological polar surface area (TPSA) is 34.9 Å². The third-order valence-corrected chi connectivity index (χ3v) is 4.58. The molecular weight excluding hydrogens is 332 g/mol. The van der Waals surface area contributed by atoms with Gasteiger partial charge in [-0.1, -0.05) is 60.7 Å². The first kappa shape index (κ1) is 17.0. The maximum Gasteiger partial charge on any atom is 0.152 e. The van der Waals surface area contributed by atoms with E-state index in [2.05, 4.69) is 39.9 Å². The van der Waals surface area contributed by atoms with E-state index in [9.17, 15) is 4.79 Å². The summed E-state index contributed by atoms with van der Waals surface area (Å²) in [4.78, 5) is 16.3. The molecule has 3 heteroatoms. The highest BCUT2D eigenvalue weighted by atomic mass is 16.1. The van der Waals surface area contributed by atoms with Crippen LogP contribution in [0, 0.1) is 0 Å². The molecule has 0 aliphatic rings. The van der Waals surface area contributed by atoms with Crippen LogP contribution in [-0.2, 0) is 11.3 Å². The molecule has 0 N–H and O–H groups in total. The molecule has 4 aromatic rings. The maximum atomic E-state index is 11.6. The largest absolute Gasteiger partial charge is 0.321 e. The molecule has 3 nitrogen and oxygen atoms in total. The summed E-state index contributed by atoms with van der Waals surface area (Å²) in [5.41, 5.74) is 5.33. The van der Waals surface area contributed by atoms with Crippen molar-refractivity contribution in [2.75, 3.05) is 0 Å². The Bertz CT molecular complexity index is 1110. The number of allylic oxidation sites excluding steroid dienone is 1. The highest BCUT2D eigenvalue weighted by Gasteiger charge is 2.18. The first-order valence-corrected chi connectivity index (χ1v) is 8.99. The standard InChI is InChI=1S/C24H20N2O/c1-18(27)14-15-22-23(20-11-6-3-7-12-20)21-13-8-16-25-24(21)26(22)17-19-9-4-2-5-10-19/h2-16H,17H2,1H3/b15-14+. The quantitative estimate of drug-likeness (QED) is 0.454. The number of hydrogen-bond acceptors (Lipinski definition) is 2. The smallest absolute Gasteiger partial charge is 0.152 e. The number of carbonyl (C=O) groups excluding carboxylic acids is 1. The Balaban J connectivity index is 2.00. The Morgan fingerprint density at radius 3 is 2.37 bits per heavy atom. The normalized spacial score (nSPS) is 11.3. The van der Waals surface area contributed by atoms with Crippen molar-refractivity contribution in [3.63, 3.8) is 0 Å². The maximum absolute atomic E-state index is 11.6. The fourth-order valence-electron chi connectivity index (χ4n) is 3.40. The molecule has 0 saturated heterocycles. The van der Waals surface area contributed by atoms with Gasteiger partial charge in [0.15, 0.2) is 5.78 Å². The van der Waals surface area contributed by atoms with Gasteiger partial charge in [0.05, 0.1) is 5.69 Å². The second kappa shape index (κ2) is 7.42. The van der Waals surface area contributed by atoms with Gasteiger partial charge in [-0.2, -0.15) is 0 Å². The summed E-state index contributed by atoms with van der Waals surface area (Å²) in [6, 6.07) is 24.6. The lowest BCUT2D eigenvalue weighted by Gasteiger charge is -2.09. The summed E-state index contributed by atoms with van der Waals surface area (Å²) in [6.45, 7) is 2.26. The van der Waals surface area contributed by atoms with Gasteiger partial charge in [-0.15, -0.1) is 0 Å². The Labute approximate surface area is 158 Å². The number of aromatic nitrogens is 2. The third kappa shape index (κ3) is 3.44. The summed E-state index contributed by atoms with van der Waals surface area (Å²) >= 11 is 0. The number of rotatable bonds is 5. The summed E-state index contributed by atoms with van der Waals surface area (Å²) < 4.78 is 2.19. The summed E-state index contributed by atoms with van der Waals surface area (Å²) in [6.07, 6.45) is 5.36. The third-order valence-electron chi connectivity index (χ3n) is 4.58. The summed E-state index contributed by atoms with van der Waals surface area (Å²) in [5, 5.41) is 1.09. The number of pyridine rings is 1. The van der Waals surface area contributed by atoms with Crippen LogP contribution in [0.4, 0.5) is 0 Å². The molecule has 0 amide bonds. The molecule has 0 fully saturated rings. The highest BCUT2D eigenvalue weighted by Crippen LogP contribution is 2.35. The molecule has 0 aliphatic carbocycles. The molecule has 0 spiro atoms. The van der Waals surface area contributed by atoms with Crippen LogP contribution in [0.3, 0.4) is 0 Å². The predicted octanol–water partition coefficient (Wildman–Crippen LogP) is 5.35. The number of carbonyl (C=O) groups is 1. The van der Waals surface area contributed by atoms with Gasteiger partial charge in [-0.25, -0.2) is 4.98 Å². The van der Waals surface area contributed by atoms with Gasteiger partial charge in [0.25, 0.3) is 0 Å². The second-order valence-corrected chi connectivity index (χ2v) is 6.52. The minimum absolute atomic E-state index is 0.0264. The molecule has 2 aromatic carbocycles. The molecule has 2 heterocycles. The van der Waals surface area contributed by atoms with E-state index < -0.39 is 0 Å². The molecule has 0 saturated carbocycles. The minimum Gasteiger partial charge on any atom is -0.321 e. The van der Waals surface area contributed by atoms with Crippen LogP contribution in [0.15, 0.2) is 85.1 Å². The van der Waals surface area contributed by atoms with E-state index in [1.54, 1.807) is 13.0 Å². The highest BCUT2D eigenvalue weighted by molar-refractivity contribution is 6.01. The van der Waals surface area contributed by atoms with Gasteiger partial charge in [0.1, 0.15) is 5.65 Å². The monoisotopic (exact) mass is 352 g/mol. The number of benzene rings is 2. The van der Waals surface area contributed by atoms with Crippen molar-refractivity contribution in [2.24, 2.45) is 0 Å². The van der Waals surface area contributed by atoms with Gasteiger partial charge in [0, 0.05) is 23.7 Å². The molecular formula is C24H20N2O. The molecule has 27 heavy (non-hydrogen) atoms. The predicted molar refractivity (Wildman–Crippen MR) is 110 cm³/mol. The fourth-order valence-corrected chi connectivity index (χ4v) is 3.40. The van der Waals surface area contributed by atoms with E-state index in [1.807, 2.05) is 54.7 Å². The summed E-state index contributed by atoms with van der Waals surface area (Å²) in [5.74, 6) is 0.0264. The Hall–Kier alpha value is -3.46. The average Bonchev–Trinajstić information content (AvgIpc) is 3.01. The number of ketones is 1. The van der Waals surface area contributed by atoms with Gasteiger partial charge in [-0.05, 0) is 42.3 Å². The fraction of sp³-hybridized carbons (Fsp3) is 0.0833. The lowest BCUT2D eigenvalue weighted by molar-refractivity contribution is -0.112. The van der Waals surface area contributed by atoms with E-state index in [1.165, 1.54) is 5.56 Å². The number of fused-ring (bicyclic) bond motifs is 1. The van der Waals surface area contributed by atoms with Crippen molar-refractivity contribution in [2.45, 2.75) is 13.5 Å². The lowest BCUT2D eigenvalue weighted by atomic mass is 10.0. The molecule has 0 atom stereocenters. The van der Waals surface area contributed by atoms with Gasteiger partial charge in [0.2, 0.25) is 0 Å². The Morgan fingerprint density at radius 1 is 0.963 bits per heavy atom. The van der Waals surface area contributed by atoms with E-state index in [0.717, 1.165) is 27.9 Å². The lowest BCUT2D eigenvalue weighted by Crippen LogP contribution is -2.03. The van der Waals surface area contributed by atoms with Crippen LogP contribution in [0.5, 0.6) is 0 Å². The SMILES string of the molecule is CC(=O)/C=C/c1c(-c2ccccc2)c2cccnc2n1Cc1ccccc1. The van der Waals surface area contributed by atoms with Crippen molar-refractivity contribution >= 4 is 22.9 Å². The van der Waals surface area contributed by atoms with Crippen molar-refractivity contribution in [3.05, 3.63) is 96.3 Å². The molecule has 132 valence electrons. The van der Waals surface area contributed by atoms with E-state index in [0.29, 0.717) is 6.54 Å². The molecule has 4 rings (SSSR count). The molecule has 0 unspecified atom stereocenters. The van der Waals surface area contributed by atoms with E-state index in [4.69, 9.17) is 0 Å². The van der Waals surface area contributed by atoms with E-state index in [-0.39, 0.29) is 5.78 Å². The zero-order chi connectivity index (χ0) is 18.6. The van der Waals surface area contributed by atoms with Crippen molar-refractivity contribution in [3.8, 4) is 11.1 Å². The minimum atomic E-state index is 0.0264. The number of nitrogens with zero attached hydrogens (tertiary/aromatic N) is 2. The van der Waals surface area contributed by atoms with Crippen LogP contribution in [0.1, 0.15) is 18.2 Å². The van der Waals surface area contributed by atoms with Crippen LogP contribution in [0.25, 0.3) is 28.2 Å². The molecule has 0 bridgehead atoms. The van der Waals surface area contributed by atoms with Crippen LogP contribution in [-0.4, -0.2) is 15.3 Å². The van der Waals surface area contributed by atoms with Crippen LogP contribution in [0.2, 0.25) is 0 Å². The zero-order valence-corrected chi connectivity index (χ0v) is 15.2. The molecule has 0 aliphatic heterocycles. The average molecular weight is 352 g/mol. The molecule has 0 radical (unpaired) electrons. The van der Waals surface area contributed by atoms with Crippen molar-refractivity contribution < 1.29 is 4.79 Å². The van der Waals surface area contributed by atoms with Crippen molar-refractivity contribution in [1.82, 2.24) is 9.55 Å². The second-order valence-electron chi connectivity index (χ2n) is 6.52. The molecule has 2 aromatic heterocycles. The van der Waals surface area contributed by atoms with Gasteiger partial charge < -0.3 is 4.57 Å². The van der Waals surface area contributed by atoms with Crippen LogP contribution >= 0.6 is 0 Å². The number of hydrogen-bond donors (Lipinski definition) is 0. The van der Waals surface area contributed by atoms with E-state index >= 15 is 0 Å². The first-order chi connectivity index (χ1) is 13.2. The van der Waals surface area contributed by atoms with Gasteiger partial charge in [-0.3, -0.25) is 4.79 Å². The first-order valence-electron chi connectivity index (χ1n) is 8.99. The zero-order valence-electron chi connectivity index (χ0n) is 15.2. The van der Waals surface area contributed by atoms with Gasteiger partial charge >= 0.3 is 0 Å². The Morgan fingerprint density at radius 2 is 1.67 bits per heavy atom. The summed E-state index contributed by atoms with van der Waals surface area (Å²) in [7, 11) is 0. The van der Waals surface area contributed by atoms with Crippen molar-refractivity contribution in [1.29, 1.82) is 0 Å². The Kier molecular flexibility index (Phi) is 4.67. The van der Waals surface area contributed by atoms with Crippen LogP contribution < -0.4 is 0 Å².